The first-order valence-corrected chi connectivity index (χ1v) is 9.04. The van der Waals surface area contributed by atoms with Gasteiger partial charge in [-0.25, -0.2) is 5.48 Å². The van der Waals surface area contributed by atoms with Gasteiger partial charge in [-0.2, -0.15) is 0 Å². The van der Waals surface area contributed by atoms with Crippen LogP contribution in [-0.4, -0.2) is 60.4 Å². The van der Waals surface area contributed by atoms with E-state index in [1.54, 1.807) is 5.48 Å². The lowest BCUT2D eigenvalue weighted by Crippen LogP contribution is -2.44. The van der Waals surface area contributed by atoms with Crippen LogP contribution in [0.3, 0.4) is 0 Å². The zero-order valence-corrected chi connectivity index (χ0v) is 14.3. The van der Waals surface area contributed by atoms with Crippen LogP contribution < -0.4 is 5.48 Å². The summed E-state index contributed by atoms with van der Waals surface area (Å²) in [4.78, 5) is 26.5. The second-order valence-electron chi connectivity index (χ2n) is 7.36. The number of hydroxylamine groups is 1. The van der Waals surface area contributed by atoms with Crippen molar-refractivity contribution < 1.29 is 24.3 Å². The molecule has 136 valence electrons. The highest BCUT2D eigenvalue weighted by molar-refractivity contribution is 5.79. The van der Waals surface area contributed by atoms with E-state index in [1.807, 2.05) is 11.8 Å². The van der Waals surface area contributed by atoms with Crippen LogP contribution in [0.4, 0.5) is 0 Å². The van der Waals surface area contributed by atoms with E-state index in [0.717, 1.165) is 25.7 Å². The normalized spacial score (nSPS) is 35.0. The molecule has 4 atom stereocenters. The lowest BCUT2D eigenvalue weighted by Gasteiger charge is -2.35. The van der Waals surface area contributed by atoms with Crippen LogP contribution in [0.2, 0.25) is 0 Å². The van der Waals surface area contributed by atoms with Gasteiger partial charge >= 0.3 is 0 Å². The summed E-state index contributed by atoms with van der Waals surface area (Å²) >= 11 is 0. The number of carbonyl (C=O) groups excluding carboxylic acids is 2. The molecule has 2 aliphatic heterocycles. The van der Waals surface area contributed by atoms with Gasteiger partial charge in [0, 0.05) is 44.1 Å². The van der Waals surface area contributed by atoms with Crippen molar-refractivity contribution in [3.05, 3.63) is 0 Å². The van der Waals surface area contributed by atoms with Gasteiger partial charge in [0.25, 0.3) is 0 Å². The van der Waals surface area contributed by atoms with Crippen LogP contribution in [0.25, 0.3) is 0 Å². The second-order valence-corrected chi connectivity index (χ2v) is 7.36. The number of hydrogen-bond donors (Lipinski definition) is 2. The maximum atomic E-state index is 12.9. The van der Waals surface area contributed by atoms with E-state index in [4.69, 9.17) is 14.7 Å². The lowest BCUT2D eigenvalue weighted by molar-refractivity contribution is -0.140. The molecule has 2 N–H and O–H groups in total. The molecule has 2 saturated heterocycles. The predicted octanol–water partition coefficient (Wildman–Crippen LogP) is 0.951. The van der Waals surface area contributed by atoms with Crippen LogP contribution in [0.15, 0.2) is 0 Å². The Morgan fingerprint density at radius 1 is 1.08 bits per heavy atom. The Hall–Kier alpha value is -1.18. The standard InChI is InChI=1S/C17H28N2O5/c1-11-9-19(17(21)12-4-6-23-7-5-12)10-14-3-2-13(16(20)18-22)8-15(14)24-11/h11-15,22H,2-10H2,1H3,(H,18,20). The molecular formula is C17H28N2O5. The maximum absolute atomic E-state index is 12.9. The summed E-state index contributed by atoms with van der Waals surface area (Å²) in [7, 11) is 0. The fourth-order valence-corrected chi connectivity index (χ4v) is 4.29. The Balaban J connectivity index is 1.64. The SMILES string of the molecule is CC1CN(C(=O)C2CCOCC2)CC2CCC(C(=O)NO)CC2O1. The zero-order valence-electron chi connectivity index (χ0n) is 14.3. The van der Waals surface area contributed by atoms with E-state index in [-0.39, 0.29) is 41.8 Å². The van der Waals surface area contributed by atoms with Gasteiger partial charge in [-0.05, 0) is 39.0 Å². The molecule has 0 aromatic rings. The maximum Gasteiger partial charge on any atom is 0.246 e. The number of nitrogens with zero attached hydrogens (tertiary/aromatic N) is 1. The monoisotopic (exact) mass is 340 g/mol. The Labute approximate surface area is 142 Å². The molecule has 0 bridgehead atoms. The summed E-state index contributed by atoms with van der Waals surface area (Å²) in [6.45, 7) is 4.64. The quantitative estimate of drug-likeness (QED) is 0.577. The number of rotatable bonds is 2. The van der Waals surface area contributed by atoms with Crippen LogP contribution in [0, 0.1) is 17.8 Å². The molecule has 0 aromatic carbocycles. The molecule has 3 aliphatic rings. The van der Waals surface area contributed by atoms with Crippen LogP contribution in [0.5, 0.6) is 0 Å². The minimum Gasteiger partial charge on any atom is -0.381 e. The van der Waals surface area contributed by atoms with Crippen molar-refractivity contribution in [3.8, 4) is 0 Å². The molecule has 3 rings (SSSR count). The average molecular weight is 340 g/mol. The Morgan fingerprint density at radius 3 is 2.54 bits per heavy atom. The van der Waals surface area contributed by atoms with Gasteiger partial charge in [-0.3, -0.25) is 14.8 Å². The van der Waals surface area contributed by atoms with Crippen molar-refractivity contribution in [2.24, 2.45) is 17.8 Å². The first-order chi connectivity index (χ1) is 11.6. The molecule has 7 nitrogen and oxygen atoms in total. The van der Waals surface area contributed by atoms with E-state index < -0.39 is 0 Å². The largest absolute Gasteiger partial charge is 0.381 e. The van der Waals surface area contributed by atoms with Crippen molar-refractivity contribution in [1.29, 1.82) is 0 Å². The molecule has 2 amide bonds. The van der Waals surface area contributed by atoms with E-state index >= 15 is 0 Å². The van der Waals surface area contributed by atoms with Crippen molar-refractivity contribution in [2.45, 2.75) is 51.2 Å². The van der Waals surface area contributed by atoms with Gasteiger partial charge in [0.15, 0.2) is 0 Å². The highest BCUT2D eigenvalue weighted by atomic mass is 16.5. The summed E-state index contributed by atoms with van der Waals surface area (Å²) in [6.07, 6.45) is 3.72. The lowest BCUT2D eigenvalue weighted by atomic mass is 9.79. The summed E-state index contributed by atoms with van der Waals surface area (Å²) in [5, 5.41) is 8.85. The molecule has 0 spiro atoms. The van der Waals surface area contributed by atoms with Gasteiger partial charge in [0.05, 0.1) is 12.2 Å². The minimum atomic E-state index is -0.330. The number of hydrogen-bond acceptors (Lipinski definition) is 5. The van der Waals surface area contributed by atoms with Crippen molar-refractivity contribution in [1.82, 2.24) is 10.4 Å². The fraction of sp³-hybridized carbons (Fsp3) is 0.882. The van der Waals surface area contributed by atoms with Crippen molar-refractivity contribution in [2.75, 3.05) is 26.3 Å². The smallest absolute Gasteiger partial charge is 0.246 e. The van der Waals surface area contributed by atoms with Crippen LogP contribution in [-0.2, 0) is 19.1 Å². The Kier molecular flexibility index (Phi) is 5.73. The summed E-state index contributed by atoms with van der Waals surface area (Å²) in [5.74, 6) is 0.0235. The van der Waals surface area contributed by atoms with Crippen LogP contribution >= 0.6 is 0 Å². The topological polar surface area (TPSA) is 88.1 Å². The number of nitrogens with one attached hydrogen (secondary N) is 1. The summed E-state index contributed by atoms with van der Waals surface area (Å²) in [6, 6.07) is 0. The van der Waals surface area contributed by atoms with Crippen molar-refractivity contribution in [3.63, 3.8) is 0 Å². The Bertz CT molecular complexity index is 466. The van der Waals surface area contributed by atoms with E-state index in [9.17, 15) is 9.59 Å². The molecule has 24 heavy (non-hydrogen) atoms. The minimum absolute atomic E-state index is 0.0245. The van der Waals surface area contributed by atoms with Gasteiger partial charge in [0.1, 0.15) is 0 Å². The molecule has 1 aliphatic carbocycles. The average Bonchev–Trinajstić information content (AvgIpc) is 2.78. The Morgan fingerprint density at radius 2 is 1.83 bits per heavy atom. The first kappa shape index (κ1) is 17.6. The van der Waals surface area contributed by atoms with E-state index in [1.165, 1.54) is 0 Å². The molecule has 0 radical (unpaired) electrons. The molecule has 2 heterocycles. The van der Waals surface area contributed by atoms with Gasteiger partial charge in [-0.1, -0.05) is 0 Å². The van der Waals surface area contributed by atoms with Gasteiger partial charge < -0.3 is 14.4 Å². The molecule has 4 unspecified atom stereocenters. The molecule has 1 saturated carbocycles. The van der Waals surface area contributed by atoms with Crippen molar-refractivity contribution >= 4 is 11.8 Å². The van der Waals surface area contributed by atoms with Crippen LogP contribution in [0.1, 0.15) is 39.0 Å². The van der Waals surface area contributed by atoms with E-state index in [0.29, 0.717) is 32.7 Å². The predicted molar refractivity (Wildman–Crippen MR) is 85.2 cm³/mol. The molecular weight excluding hydrogens is 312 g/mol. The fourth-order valence-electron chi connectivity index (χ4n) is 4.29. The molecule has 0 aromatic heterocycles. The first-order valence-electron chi connectivity index (χ1n) is 9.04. The molecule has 7 heteroatoms. The third-order valence-corrected chi connectivity index (χ3v) is 5.63. The van der Waals surface area contributed by atoms with Gasteiger partial charge in [-0.15, -0.1) is 0 Å². The third-order valence-electron chi connectivity index (χ3n) is 5.63. The van der Waals surface area contributed by atoms with E-state index in [2.05, 4.69) is 0 Å². The van der Waals surface area contributed by atoms with Gasteiger partial charge in [0.2, 0.25) is 11.8 Å². The number of amides is 2. The number of fused-ring (bicyclic) bond motifs is 1. The molecule has 3 fully saturated rings. The third kappa shape index (κ3) is 3.90. The second kappa shape index (κ2) is 7.80. The highest BCUT2D eigenvalue weighted by Crippen LogP contribution is 2.35. The number of ether oxygens (including phenoxy) is 2. The summed E-state index contributed by atoms with van der Waals surface area (Å²) < 4.78 is 11.5. The number of carbonyl (C=O) groups is 2. The summed E-state index contributed by atoms with van der Waals surface area (Å²) in [5.41, 5.74) is 1.76. The highest BCUT2D eigenvalue weighted by Gasteiger charge is 2.40. The zero-order chi connectivity index (χ0) is 17.1.